The highest BCUT2D eigenvalue weighted by Crippen LogP contribution is 2.44. The average molecular weight is 460 g/mol. The molecule has 2 aliphatic heterocycles. The van der Waals surface area contributed by atoms with Crippen molar-refractivity contribution in [3.8, 4) is 28.7 Å². The van der Waals surface area contributed by atoms with Crippen molar-refractivity contribution < 1.29 is 28.5 Å². The molecule has 0 bridgehead atoms. The molecule has 0 radical (unpaired) electrons. The Bertz CT molecular complexity index is 1270. The number of carbonyl (C=O) groups excluding carboxylic acids is 1. The van der Waals surface area contributed by atoms with Crippen molar-refractivity contribution in [1.29, 1.82) is 0 Å². The van der Waals surface area contributed by atoms with E-state index in [1.54, 1.807) is 37.6 Å². The topological polar surface area (TPSA) is 79.4 Å². The standard InChI is InChI=1S/C26H24N2O6/c1-30-21-9-7-16(24(31-2)26(21)32-3)12-22-23(29)18-8-10-20-19(25(18)34-22)14-28(15-33-20)13-17-6-4-5-11-27-17/h4-12H,13-15H2,1-3H3. The van der Waals surface area contributed by atoms with Crippen LogP contribution < -0.4 is 23.7 Å². The first-order valence-electron chi connectivity index (χ1n) is 10.8. The van der Waals surface area contributed by atoms with E-state index < -0.39 is 0 Å². The fraction of sp³-hybridized carbons (Fsp3) is 0.231. The summed E-state index contributed by atoms with van der Waals surface area (Å²) >= 11 is 0. The molecular weight excluding hydrogens is 436 g/mol. The molecule has 2 aromatic carbocycles. The maximum Gasteiger partial charge on any atom is 0.231 e. The zero-order chi connectivity index (χ0) is 23.7. The summed E-state index contributed by atoms with van der Waals surface area (Å²) in [5.41, 5.74) is 2.93. The number of ether oxygens (including phenoxy) is 5. The summed E-state index contributed by atoms with van der Waals surface area (Å²) in [5.74, 6) is 2.68. The van der Waals surface area contributed by atoms with Crippen molar-refractivity contribution in [2.45, 2.75) is 13.1 Å². The molecule has 0 fully saturated rings. The zero-order valence-electron chi connectivity index (χ0n) is 19.2. The fourth-order valence-corrected chi connectivity index (χ4v) is 4.21. The molecule has 8 nitrogen and oxygen atoms in total. The minimum absolute atomic E-state index is 0.198. The van der Waals surface area contributed by atoms with E-state index in [2.05, 4.69) is 9.88 Å². The highest BCUT2D eigenvalue weighted by Gasteiger charge is 2.34. The number of pyridine rings is 1. The summed E-state index contributed by atoms with van der Waals surface area (Å²) in [6.07, 6.45) is 3.43. The first kappa shape index (κ1) is 21.8. The second-order valence-electron chi connectivity index (χ2n) is 7.86. The van der Waals surface area contributed by atoms with Crippen molar-refractivity contribution in [2.75, 3.05) is 28.1 Å². The van der Waals surface area contributed by atoms with Crippen LogP contribution in [-0.2, 0) is 13.1 Å². The first-order chi connectivity index (χ1) is 16.6. The molecular formula is C26H24N2O6. The number of hydrogen-bond donors (Lipinski definition) is 0. The Labute approximate surface area is 197 Å². The molecule has 3 heterocycles. The number of ketones is 1. The quantitative estimate of drug-likeness (QED) is 0.510. The third kappa shape index (κ3) is 3.82. The summed E-state index contributed by atoms with van der Waals surface area (Å²) < 4.78 is 28.4. The molecule has 0 saturated carbocycles. The van der Waals surface area contributed by atoms with Crippen LogP contribution in [0, 0.1) is 0 Å². The van der Waals surface area contributed by atoms with Gasteiger partial charge in [-0.3, -0.25) is 14.7 Å². The molecule has 0 N–H and O–H groups in total. The lowest BCUT2D eigenvalue weighted by Gasteiger charge is -2.29. The lowest BCUT2D eigenvalue weighted by molar-refractivity contribution is 0.0861. The van der Waals surface area contributed by atoms with E-state index in [4.69, 9.17) is 23.7 Å². The summed E-state index contributed by atoms with van der Waals surface area (Å²) in [6, 6.07) is 12.9. The van der Waals surface area contributed by atoms with Crippen molar-refractivity contribution in [2.24, 2.45) is 0 Å². The van der Waals surface area contributed by atoms with Gasteiger partial charge >= 0.3 is 0 Å². The summed E-state index contributed by atoms with van der Waals surface area (Å²) in [7, 11) is 4.63. The van der Waals surface area contributed by atoms with Gasteiger partial charge in [0.2, 0.25) is 11.5 Å². The molecule has 2 aliphatic rings. The van der Waals surface area contributed by atoms with Gasteiger partial charge in [-0.05, 0) is 42.5 Å². The Morgan fingerprint density at radius 2 is 1.88 bits per heavy atom. The van der Waals surface area contributed by atoms with E-state index in [9.17, 15) is 4.79 Å². The van der Waals surface area contributed by atoms with Gasteiger partial charge in [-0.15, -0.1) is 0 Å². The van der Waals surface area contributed by atoms with Gasteiger partial charge in [0, 0.05) is 24.8 Å². The summed E-state index contributed by atoms with van der Waals surface area (Å²) in [4.78, 5) is 19.7. The summed E-state index contributed by atoms with van der Waals surface area (Å²) in [6.45, 7) is 1.64. The van der Waals surface area contributed by atoms with E-state index in [0.29, 0.717) is 59.7 Å². The van der Waals surface area contributed by atoms with Gasteiger partial charge in [-0.2, -0.15) is 0 Å². The van der Waals surface area contributed by atoms with Crippen molar-refractivity contribution >= 4 is 11.9 Å². The van der Waals surface area contributed by atoms with Crippen molar-refractivity contribution in [3.63, 3.8) is 0 Å². The molecule has 5 rings (SSSR count). The second kappa shape index (κ2) is 9.07. The minimum Gasteiger partial charge on any atom is -0.493 e. The third-order valence-electron chi connectivity index (χ3n) is 5.82. The molecule has 34 heavy (non-hydrogen) atoms. The van der Waals surface area contributed by atoms with Crippen molar-refractivity contribution in [3.05, 3.63) is 76.8 Å². The molecule has 0 spiro atoms. The third-order valence-corrected chi connectivity index (χ3v) is 5.82. The van der Waals surface area contributed by atoms with Gasteiger partial charge in [0.05, 0.1) is 38.2 Å². The smallest absolute Gasteiger partial charge is 0.231 e. The normalized spacial score (nSPS) is 15.9. The Balaban J connectivity index is 1.46. The second-order valence-corrected chi connectivity index (χ2v) is 7.86. The average Bonchev–Trinajstić information content (AvgIpc) is 3.19. The molecule has 0 amide bonds. The van der Waals surface area contributed by atoms with E-state index >= 15 is 0 Å². The number of rotatable bonds is 6. The van der Waals surface area contributed by atoms with Gasteiger partial charge in [0.15, 0.2) is 17.3 Å². The van der Waals surface area contributed by atoms with Crippen LogP contribution in [0.4, 0.5) is 0 Å². The predicted octanol–water partition coefficient (Wildman–Crippen LogP) is 4.08. The number of nitrogens with zero attached hydrogens (tertiary/aromatic N) is 2. The summed E-state index contributed by atoms with van der Waals surface area (Å²) in [5, 5.41) is 0. The van der Waals surface area contributed by atoms with Crippen LogP contribution in [0.5, 0.6) is 28.7 Å². The minimum atomic E-state index is -0.198. The zero-order valence-corrected chi connectivity index (χ0v) is 19.2. The molecule has 174 valence electrons. The lowest BCUT2D eigenvalue weighted by atomic mass is 10.0. The highest BCUT2D eigenvalue weighted by molar-refractivity contribution is 6.15. The number of aromatic nitrogens is 1. The number of allylic oxidation sites excluding steroid dienone is 1. The maximum atomic E-state index is 13.2. The van der Waals surface area contributed by atoms with Crippen LogP contribution in [0.1, 0.15) is 27.2 Å². The molecule has 0 atom stereocenters. The SMILES string of the molecule is COc1ccc(C=C2Oc3c(ccc4c3CN(Cc3ccccn3)CO4)C2=O)c(OC)c1OC. The molecule has 0 unspecified atom stereocenters. The van der Waals surface area contributed by atoms with E-state index in [1.807, 2.05) is 24.3 Å². The number of Topliss-reactive ketones (excluding diaryl/α,β-unsaturated/α-hetero) is 1. The van der Waals surface area contributed by atoms with E-state index in [0.717, 1.165) is 11.3 Å². The molecule has 3 aromatic rings. The number of benzene rings is 2. The van der Waals surface area contributed by atoms with Crippen LogP contribution in [0.3, 0.4) is 0 Å². The Morgan fingerprint density at radius 1 is 1.03 bits per heavy atom. The lowest BCUT2D eigenvalue weighted by Crippen LogP contribution is -2.32. The molecule has 8 heteroatoms. The van der Waals surface area contributed by atoms with Gasteiger partial charge in [-0.1, -0.05) is 6.07 Å². The molecule has 1 aromatic heterocycles. The number of methoxy groups -OCH3 is 3. The number of hydrogen-bond acceptors (Lipinski definition) is 8. The van der Waals surface area contributed by atoms with Crippen LogP contribution in [-0.4, -0.2) is 43.7 Å². The predicted molar refractivity (Wildman–Crippen MR) is 124 cm³/mol. The highest BCUT2D eigenvalue weighted by atomic mass is 16.5. The maximum absolute atomic E-state index is 13.2. The van der Waals surface area contributed by atoms with Crippen LogP contribution in [0.25, 0.3) is 6.08 Å². The molecule has 0 saturated heterocycles. The Morgan fingerprint density at radius 3 is 2.62 bits per heavy atom. The largest absolute Gasteiger partial charge is 0.493 e. The number of fused-ring (bicyclic) bond motifs is 3. The number of carbonyl (C=O) groups is 1. The first-order valence-corrected chi connectivity index (χ1v) is 10.8. The fourth-order valence-electron chi connectivity index (χ4n) is 4.21. The van der Waals surface area contributed by atoms with Gasteiger partial charge in [0.1, 0.15) is 18.2 Å². The Hall–Kier alpha value is -4.04. The molecule has 0 aliphatic carbocycles. The monoisotopic (exact) mass is 460 g/mol. The van der Waals surface area contributed by atoms with Gasteiger partial charge < -0.3 is 23.7 Å². The van der Waals surface area contributed by atoms with Crippen LogP contribution >= 0.6 is 0 Å². The van der Waals surface area contributed by atoms with Crippen LogP contribution in [0.15, 0.2) is 54.4 Å². The Kier molecular flexibility index (Phi) is 5.81. The van der Waals surface area contributed by atoms with Crippen molar-refractivity contribution in [1.82, 2.24) is 9.88 Å². The van der Waals surface area contributed by atoms with E-state index in [-0.39, 0.29) is 11.5 Å². The van der Waals surface area contributed by atoms with Crippen LogP contribution in [0.2, 0.25) is 0 Å². The van der Waals surface area contributed by atoms with Gasteiger partial charge in [-0.25, -0.2) is 0 Å². The van der Waals surface area contributed by atoms with Gasteiger partial charge in [0.25, 0.3) is 0 Å². The van der Waals surface area contributed by atoms with E-state index in [1.165, 1.54) is 14.2 Å².